The number of allylic oxidation sites excluding steroid dienone is 1. The van der Waals surface area contributed by atoms with E-state index in [-0.39, 0.29) is 17.7 Å². The third-order valence-electron chi connectivity index (χ3n) is 6.62. The number of nitrogens with zero attached hydrogens (tertiary/aromatic N) is 3. The number of fused-ring (bicyclic) bond motifs is 1. The summed E-state index contributed by atoms with van der Waals surface area (Å²) in [6.07, 6.45) is 3.36. The van der Waals surface area contributed by atoms with Gasteiger partial charge in [-0.3, -0.25) is 9.36 Å². The van der Waals surface area contributed by atoms with Crippen LogP contribution in [0.4, 0.5) is 5.69 Å². The molecule has 0 saturated carbocycles. The van der Waals surface area contributed by atoms with Crippen molar-refractivity contribution >= 4 is 29.1 Å². The molecule has 39 heavy (non-hydrogen) atoms. The minimum atomic E-state index is -0.759. The number of rotatable bonds is 10. The van der Waals surface area contributed by atoms with Crippen molar-refractivity contribution in [3.8, 4) is 11.5 Å². The topological polar surface area (TPSA) is 82.4 Å². The lowest BCUT2D eigenvalue weighted by Gasteiger charge is -2.25. The first-order valence-electron chi connectivity index (χ1n) is 12.7. The second-order valence-electron chi connectivity index (χ2n) is 8.85. The molecule has 1 aliphatic heterocycles. The van der Waals surface area contributed by atoms with E-state index in [0.717, 1.165) is 24.3 Å². The normalized spacial score (nSPS) is 14.9. The molecule has 0 bridgehead atoms. The number of anilines is 1. The quantitative estimate of drug-likeness (QED) is 0.284. The summed E-state index contributed by atoms with van der Waals surface area (Å²) in [5.74, 6) is 0.467. The van der Waals surface area contributed by atoms with Crippen LogP contribution in [0.3, 0.4) is 0 Å². The Kier molecular flexibility index (Phi) is 8.71. The SMILES string of the molecule is C=CCOC(=O)C1=C(C)N=c2s/c(=C/c3ccc(N(CC)CC)cc3)c(=O)n2[C@@H]1c1ccc(OC)c(OC)c1. The van der Waals surface area contributed by atoms with Crippen molar-refractivity contribution in [1.29, 1.82) is 0 Å². The third kappa shape index (κ3) is 5.54. The number of methoxy groups -OCH3 is 2. The second-order valence-corrected chi connectivity index (χ2v) is 9.86. The van der Waals surface area contributed by atoms with Gasteiger partial charge in [0.2, 0.25) is 0 Å². The predicted molar refractivity (Wildman–Crippen MR) is 154 cm³/mol. The molecule has 0 saturated heterocycles. The van der Waals surface area contributed by atoms with Crippen LogP contribution in [0.1, 0.15) is 37.9 Å². The molecule has 0 N–H and O–H groups in total. The maximum absolute atomic E-state index is 13.9. The lowest BCUT2D eigenvalue weighted by atomic mass is 9.95. The van der Waals surface area contributed by atoms with Crippen LogP contribution >= 0.6 is 11.3 Å². The van der Waals surface area contributed by atoms with Gasteiger partial charge in [0.1, 0.15) is 6.61 Å². The van der Waals surface area contributed by atoms with E-state index in [1.165, 1.54) is 17.4 Å². The minimum absolute atomic E-state index is 0.0438. The molecule has 4 rings (SSSR count). The van der Waals surface area contributed by atoms with E-state index >= 15 is 0 Å². The van der Waals surface area contributed by atoms with E-state index in [0.29, 0.717) is 32.1 Å². The smallest absolute Gasteiger partial charge is 0.338 e. The number of carbonyl (C=O) groups excluding carboxylic acids is 1. The molecule has 9 heteroatoms. The van der Waals surface area contributed by atoms with Crippen LogP contribution in [0.5, 0.6) is 11.5 Å². The Balaban J connectivity index is 1.88. The van der Waals surface area contributed by atoms with E-state index < -0.39 is 12.0 Å². The van der Waals surface area contributed by atoms with E-state index in [2.05, 4.69) is 42.5 Å². The molecule has 0 amide bonds. The van der Waals surface area contributed by atoms with Crippen LogP contribution in [-0.4, -0.2) is 44.5 Å². The lowest BCUT2D eigenvalue weighted by Crippen LogP contribution is -2.40. The van der Waals surface area contributed by atoms with Gasteiger partial charge in [0.05, 0.1) is 36.1 Å². The number of esters is 1. The first-order valence-corrected chi connectivity index (χ1v) is 13.6. The molecule has 204 valence electrons. The van der Waals surface area contributed by atoms with E-state index in [9.17, 15) is 9.59 Å². The van der Waals surface area contributed by atoms with E-state index in [1.54, 1.807) is 37.8 Å². The summed E-state index contributed by atoms with van der Waals surface area (Å²) in [5, 5.41) is 0. The summed E-state index contributed by atoms with van der Waals surface area (Å²) in [6.45, 7) is 11.5. The molecule has 1 atom stereocenters. The maximum atomic E-state index is 13.9. The Hall–Kier alpha value is -4.11. The summed E-state index contributed by atoms with van der Waals surface area (Å²) in [4.78, 5) is 34.5. The summed E-state index contributed by atoms with van der Waals surface area (Å²) in [7, 11) is 3.09. The maximum Gasteiger partial charge on any atom is 0.338 e. The zero-order valence-corrected chi connectivity index (χ0v) is 23.7. The number of aromatic nitrogens is 1. The first kappa shape index (κ1) is 27.9. The molecular weight excluding hydrogens is 514 g/mol. The molecule has 3 aromatic rings. The molecule has 1 aromatic heterocycles. The fourth-order valence-corrected chi connectivity index (χ4v) is 5.70. The summed E-state index contributed by atoms with van der Waals surface area (Å²) in [5.41, 5.74) is 3.23. The Morgan fingerprint density at radius 2 is 1.79 bits per heavy atom. The van der Waals surface area contributed by atoms with Crippen molar-refractivity contribution in [2.24, 2.45) is 4.99 Å². The predicted octanol–water partition coefficient (Wildman–Crippen LogP) is 3.83. The van der Waals surface area contributed by atoms with Crippen molar-refractivity contribution in [2.45, 2.75) is 26.8 Å². The van der Waals surface area contributed by atoms with Gasteiger partial charge < -0.3 is 19.1 Å². The van der Waals surface area contributed by atoms with Crippen LogP contribution in [0.2, 0.25) is 0 Å². The van der Waals surface area contributed by atoms with Crippen molar-refractivity contribution in [3.05, 3.63) is 97.2 Å². The lowest BCUT2D eigenvalue weighted by molar-refractivity contribution is -0.138. The summed E-state index contributed by atoms with van der Waals surface area (Å²) in [6, 6.07) is 12.7. The van der Waals surface area contributed by atoms with Gasteiger partial charge in [-0.15, -0.1) is 0 Å². The Morgan fingerprint density at radius 3 is 2.41 bits per heavy atom. The van der Waals surface area contributed by atoms with Crippen molar-refractivity contribution in [1.82, 2.24) is 4.57 Å². The van der Waals surface area contributed by atoms with Gasteiger partial charge in [0.25, 0.3) is 5.56 Å². The highest BCUT2D eigenvalue weighted by atomic mass is 32.1. The largest absolute Gasteiger partial charge is 0.493 e. The molecule has 0 unspecified atom stereocenters. The van der Waals surface area contributed by atoms with Gasteiger partial charge in [-0.25, -0.2) is 9.79 Å². The van der Waals surface area contributed by atoms with Crippen LogP contribution in [0.15, 0.2) is 76.2 Å². The first-order chi connectivity index (χ1) is 18.9. The number of thiazole rings is 1. The molecule has 1 aliphatic rings. The Labute approximate surface area is 231 Å². The highest BCUT2D eigenvalue weighted by Gasteiger charge is 2.34. The highest BCUT2D eigenvalue weighted by Crippen LogP contribution is 2.36. The molecule has 0 fully saturated rings. The Morgan fingerprint density at radius 1 is 1.10 bits per heavy atom. The monoisotopic (exact) mass is 547 g/mol. The van der Waals surface area contributed by atoms with Crippen LogP contribution in [0.25, 0.3) is 6.08 Å². The summed E-state index contributed by atoms with van der Waals surface area (Å²) < 4.78 is 18.4. The average Bonchev–Trinajstić information content (AvgIpc) is 3.25. The van der Waals surface area contributed by atoms with Gasteiger partial charge in [-0.1, -0.05) is 42.2 Å². The van der Waals surface area contributed by atoms with E-state index in [4.69, 9.17) is 14.2 Å². The molecule has 0 spiro atoms. The molecular formula is C30H33N3O5S. The van der Waals surface area contributed by atoms with E-state index in [1.807, 2.05) is 24.3 Å². The highest BCUT2D eigenvalue weighted by molar-refractivity contribution is 7.07. The summed E-state index contributed by atoms with van der Waals surface area (Å²) >= 11 is 1.29. The average molecular weight is 548 g/mol. The third-order valence-corrected chi connectivity index (χ3v) is 7.60. The zero-order valence-electron chi connectivity index (χ0n) is 22.9. The second kappa shape index (κ2) is 12.2. The standard InChI is InChI=1S/C30H33N3O5S/c1-7-16-38-29(35)26-19(4)31-30-33(27(26)21-12-15-23(36-5)24(18-21)37-6)28(34)25(39-30)17-20-10-13-22(14-11-20)32(8-2)9-3/h7,10-15,17-18,27H,1,8-9,16H2,2-6H3/b25-17+/t27-/m1/s1. The fraction of sp³-hybridized carbons (Fsp3) is 0.300. The molecule has 8 nitrogen and oxygen atoms in total. The fourth-order valence-electron chi connectivity index (χ4n) is 4.65. The van der Waals surface area contributed by atoms with Gasteiger partial charge in [0.15, 0.2) is 16.3 Å². The molecule has 0 aliphatic carbocycles. The molecule has 2 aromatic carbocycles. The van der Waals surface area contributed by atoms with Gasteiger partial charge in [-0.05, 0) is 62.2 Å². The van der Waals surface area contributed by atoms with Crippen molar-refractivity contribution in [2.75, 3.05) is 38.8 Å². The molecule has 0 radical (unpaired) electrons. The van der Waals surface area contributed by atoms with Gasteiger partial charge >= 0.3 is 5.97 Å². The number of benzene rings is 2. The van der Waals surface area contributed by atoms with Crippen LogP contribution in [-0.2, 0) is 9.53 Å². The number of hydrogen-bond donors (Lipinski definition) is 0. The number of carbonyl (C=O) groups is 1. The zero-order chi connectivity index (χ0) is 28.1. The van der Waals surface area contributed by atoms with Crippen molar-refractivity contribution < 1.29 is 19.0 Å². The number of ether oxygens (including phenoxy) is 3. The van der Waals surface area contributed by atoms with Crippen LogP contribution < -0.4 is 29.3 Å². The van der Waals surface area contributed by atoms with Crippen LogP contribution in [0, 0.1) is 0 Å². The Bertz CT molecular complexity index is 1580. The van der Waals surface area contributed by atoms with Gasteiger partial charge in [-0.2, -0.15) is 0 Å². The molecule has 2 heterocycles. The van der Waals surface area contributed by atoms with Gasteiger partial charge in [0, 0.05) is 18.8 Å². The van der Waals surface area contributed by atoms with Crippen molar-refractivity contribution in [3.63, 3.8) is 0 Å². The minimum Gasteiger partial charge on any atom is -0.493 e. The number of hydrogen-bond acceptors (Lipinski definition) is 8.